The molecule has 0 radical (unpaired) electrons. The van der Waals surface area contributed by atoms with E-state index >= 15 is 0 Å². The number of ether oxygens (including phenoxy) is 1. The zero-order valence-electron chi connectivity index (χ0n) is 9.38. The highest BCUT2D eigenvalue weighted by molar-refractivity contribution is 4.95. The average molecular weight is 198 g/mol. The molecule has 0 spiro atoms. The van der Waals surface area contributed by atoms with Crippen LogP contribution in [0.3, 0.4) is 0 Å². The Balaban J connectivity index is 1.96. The van der Waals surface area contributed by atoms with Crippen LogP contribution in [0.15, 0.2) is 0 Å². The van der Waals surface area contributed by atoms with E-state index in [1.54, 1.807) is 0 Å². The fourth-order valence-corrected chi connectivity index (χ4v) is 2.58. The van der Waals surface area contributed by atoms with Crippen LogP contribution in [0, 0.1) is 5.92 Å². The monoisotopic (exact) mass is 198 g/mol. The third-order valence-electron chi connectivity index (χ3n) is 3.83. The molecule has 1 N–H and O–H groups in total. The normalized spacial score (nSPS) is 43.9. The van der Waals surface area contributed by atoms with Gasteiger partial charge < -0.3 is 9.84 Å². The van der Waals surface area contributed by atoms with Crippen LogP contribution in [0.1, 0.15) is 52.4 Å². The van der Waals surface area contributed by atoms with Gasteiger partial charge in [0, 0.05) is 6.42 Å². The Morgan fingerprint density at radius 3 is 2.71 bits per heavy atom. The van der Waals surface area contributed by atoms with Crippen molar-refractivity contribution in [2.24, 2.45) is 5.92 Å². The van der Waals surface area contributed by atoms with Crippen molar-refractivity contribution in [3.8, 4) is 0 Å². The summed E-state index contributed by atoms with van der Waals surface area (Å²) in [6.07, 6.45) is 6.32. The topological polar surface area (TPSA) is 29.5 Å². The molecule has 1 heterocycles. The van der Waals surface area contributed by atoms with E-state index in [2.05, 4.69) is 13.8 Å². The first-order chi connectivity index (χ1) is 6.55. The van der Waals surface area contributed by atoms with Gasteiger partial charge in [0.1, 0.15) is 0 Å². The molecule has 2 fully saturated rings. The lowest BCUT2D eigenvalue weighted by molar-refractivity contribution is -0.157. The third kappa shape index (κ3) is 2.29. The maximum absolute atomic E-state index is 10.5. The first kappa shape index (κ1) is 10.4. The molecule has 2 rings (SSSR count). The molecule has 14 heavy (non-hydrogen) atoms. The Labute approximate surface area is 86.6 Å². The largest absolute Gasteiger partial charge is 0.390 e. The summed E-state index contributed by atoms with van der Waals surface area (Å²) in [5.41, 5.74) is -0.508. The van der Waals surface area contributed by atoms with Gasteiger partial charge in [-0.1, -0.05) is 19.8 Å². The second-order valence-corrected chi connectivity index (χ2v) is 5.45. The predicted molar refractivity (Wildman–Crippen MR) is 56.2 cm³/mol. The van der Waals surface area contributed by atoms with Crippen molar-refractivity contribution in [1.82, 2.24) is 0 Å². The van der Waals surface area contributed by atoms with E-state index in [0.717, 1.165) is 38.2 Å². The van der Waals surface area contributed by atoms with E-state index in [0.29, 0.717) is 0 Å². The highest BCUT2D eigenvalue weighted by Crippen LogP contribution is 2.44. The van der Waals surface area contributed by atoms with Crippen molar-refractivity contribution in [3.63, 3.8) is 0 Å². The van der Waals surface area contributed by atoms with Crippen LogP contribution in [0.25, 0.3) is 0 Å². The van der Waals surface area contributed by atoms with Crippen LogP contribution in [0.5, 0.6) is 0 Å². The fraction of sp³-hybridized carbons (Fsp3) is 1.00. The van der Waals surface area contributed by atoms with Crippen LogP contribution in [-0.2, 0) is 4.74 Å². The standard InChI is InChI=1S/C12H22O2/c1-3-11(2)9-12(13,6-7-14-11)8-10-4-5-10/h10,13H,3-9H2,1-2H3. The zero-order valence-corrected chi connectivity index (χ0v) is 9.38. The summed E-state index contributed by atoms with van der Waals surface area (Å²) in [5.74, 6) is 0.805. The minimum atomic E-state index is -0.426. The minimum absolute atomic E-state index is 0.0815. The van der Waals surface area contributed by atoms with Gasteiger partial charge >= 0.3 is 0 Å². The van der Waals surface area contributed by atoms with E-state index in [1.165, 1.54) is 12.8 Å². The summed E-state index contributed by atoms with van der Waals surface area (Å²) >= 11 is 0. The maximum Gasteiger partial charge on any atom is 0.0699 e. The van der Waals surface area contributed by atoms with Crippen LogP contribution in [0.4, 0.5) is 0 Å². The van der Waals surface area contributed by atoms with Crippen molar-refractivity contribution in [1.29, 1.82) is 0 Å². The SMILES string of the molecule is CCC1(C)CC(O)(CC2CC2)CCO1. The molecule has 2 atom stereocenters. The smallest absolute Gasteiger partial charge is 0.0699 e. The zero-order chi connectivity index (χ0) is 10.2. The van der Waals surface area contributed by atoms with Crippen LogP contribution < -0.4 is 0 Å². The molecule has 2 heteroatoms. The van der Waals surface area contributed by atoms with Crippen molar-refractivity contribution >= 4 is 0 Å². The van der Waals surface area contributed by atoms with Gasteiger partial charge in [0.25, 0.3) is 0 Å². The van der Waals surface area contributed by atoms with E-state index in [-0.39, 0.29) is 5.60 Å². The van der Waals surface area contributed by atoms with Gasteiger partial charge in [-0.3, -0.25) is 0 Å². The van der Waals surface area contributed by atoms with Crippen LogP contribution >= 0.6 is 0 Å². The first-order valence-corrected chi connectivity index (χ1v) is 5.92. The summed E-state index contributed by atoms with van der Waals surface area (Å²) < 4.78 is 5.75. The van der Waals surface area contributed by atoms with Gasteiger partial charge in [0.15, 0.2) is 0 Å². The number of rotatable bonds is 3. The second kappa shape index (κ2) is 3.49. The quantitative estimate of drug-likeness (QED) is 0.755. The van der Waals surface area contributed by atoms with Gasteiger partial charge in [-0.2, -0.15) is 0 Å². The van der Waals surface area contributed by atoms with E-state index in [4.69, 9.17) is 4.74 Å². The summed E-state index contributed by atoms with van der Waals surface area (Å²) in [5, 5.41) is 10.5. The lowest BCUT2D eigenvalue weighted by Crippen LogP contribution is -2.47. The Kier molecular flexibility index (Phi) is 2.61. The molecule has 0 amide bonds. The van der Waals surface area contributed by atoms with Crippen LogP contribution in [0.2, 0.25) is 0 Å². The van der Waals surface area contributed by atoms with Gasteiger partial charge in [-0.25, -0.2) is 0 Å². The lowest BCUT2D eigenvalue weighted by atomic mass is 9.79. The molecule has 1 aliphatic carbocycles. The Hall–Kier alpha value is -0.0800. The first-order valence-electron chi connectivity index (χ1n) is 5.92. The molecule has 0 aromatic rings. The molecule has 1 saturated heterocycles. The van der Waals surface area contributed by atoms with Crippen molar-refractivity contribution in [3.05, 3.63) is 0 Å². The number of hydrogen-bond acceptors (Lipinski definition) is 2. The minimum Gasteiger partial charge on any atom is -0.390 e. The van der Waals surface area contributed by atoms with Gasteiger partial charge in [-0.05, 0) is 32.1 Å². The number of aliphatic hydroxyl groups is 1. The Morgan fingerprint density at radius 1 is 1.43 bits per heavy atom. The molecular weight excluding hydrogens is 176 g/mol. The molecule has 1 saturated carbocycles. The Morgan fingerprint density at radius 2 is 2.14 bits per heavy atom. The molecule has 2 unspecified atom stereocenters. The summed E-state index contributed by atoms with van der Waals surface area (Å²) in [6, 6.07) is 0. The van der Waals surface area contributed by atoms with E-state index in [1.807, 2.05) is 0 Å². The third-order valence-corrected chi connectivity index (χ3v) is 3.83. The van der Waals surface area contributed by atoms with Gasteiger partial charge in [0.05, 0.1) is 17.8 Å². The highest BCUT2D eigenvalue weighted by Gasteiger charge is 2.43. The van der Waals surface area contributed by atoms with Crippen molar-refractivity contribution in [2.45, 2.75) is 63.6 Å². The van der Waals surface area contributed by atoms with Gasteiger partial charge in [0.2, 0.25) is 0 Å². The maximum atomic E-state index is 10.5. The molecule has 2 nitrogen and oxygen atoms in total. The lowest BCUT2D eigenvalue weighted by Gasteiger charge is -2.43. The van der Waals surface area contributed by atoms with E-state index in [9.17, 15) is 5.11 Å². The second-order valence-electron chi connectivity index (χ2n) is 5.45. The molecule has 2 aliphatic rings. The number of hydrogen-bond donors (Lipinski definition) is 1. The molecule has 1 aliphatic heterocycles. The van der Waals surface area contributed by atoms with Crippen molar-refractivity contribution < 1.29 is 9.84 Å². The molecule has 0 aromatic carbocycles. The Bertz CT molecular complexity index is 212. The summed E-state index contributed by atoms with van der Waals surface area (Å²) in [6.45, 7) is 5.00. The highest BCUT2D eigenvalue weighted by atomic mass is 16.5. The molecule has 82 valence electrons. The molecule has 0 bridgehead atoms. The van der Waals surface area contributed by atoms with Crippen molar-refractivity contribution in [2.75, 3.05) is 6.61 Å². The van der Waals surface area contributed by atoms with Gasteiger partial charge in [-0.15, -0.1) is 0 Å². The summed E-state index contributed by atoms with van der Waals surface area (Å²) in [7, 11) is 0. The van der Waals surface area contributed by atoms with E-state index < -0.39 is 5.60 Å². The molecular formula is C12H22O2. The predicted octanol–water partition coefficient (Wildman–Crippen LogP) is 2.50. The van der Waals surface area contributed by atoms with Crippen LogP contribution in [-0.4, -0.2) is 22.9 Å². The molecule has 0 aromatic heterocycles. The average Bonchev–Trinajstić information content (AvgIpc) is 2.87. The fourth-order valence-electron chi connectivity index (χ4n) is 2.58. The summed E-state index contributed by atoms with van der Waals surface area (Å²) in [4.78, 5) is 0.